The summed E-state index contributed by atoms with van der Waals surface area (Å²) in [5.74, 6) is 0.924. The van der Waals surface area contributed by atoms with Gasteiger partial charge in [0.1, 0.15) is 0 Å². The molecule has 362 valence electrons. The molecule has 76 heavy (non-hydrogen) atoms. The molecular weight excluding hydrogens is 921 g/mol. The maximum atomic E-state index is 2.55. The average molecular weight is 975 g/mol. The zero-order valence-electron chi connectivity index (χ0n) is 43.0. The summed E-state index contributed by atoms with van der Waals surface area (Å²) in [5, 5.41) is 9.95. The van der Waals surface area contributed by atoms with E-state index in [2.05, 4.69) is 289 Å². The molecule has 0 aliphatic rings. The topological polar surface area (TPSA) is 15.3 Å². The fraction of sp³-hybridized carbons (Fsp3) is 0.0833. The fourth-order valence-corrected chi connectivity index (χ4v) is 12.7. The molecule has 0 aliphatic heterocycles. The quantitative estimate of drug-likeness (QED) is 0.136. The normalized spacial score (nSPS) is 12.2. The van der Waals surface area contributed by atoms with Crippen molar-refractivity contribution in [3.63, 3.8) is 0 Å². The second kappa shape index (κ2) is 17.1. The summed E-state index contributed by atoms with van der Waals surface area (Å²) >= 11 is 0. The van der Waals surface area contributed by atoms with Gasteiger partial charge in [-0.25, -0.2) is 0 Å². The van der Waals surface area contributed by atoms with Crippen LogP contribution in [0.15, 0.2) is 243 Å². The summed E-state index contributed by atoms with van der Waals surface area (Å²) in [6.07, 6.45) is 0. The van der Waals surface area contributed by atoms with Gasteiger partial charge in [0.2, 0.25) is 0 Å². The number of benzene rings is 11. The van der Waals surface area contributed by atoms with Crippen molar-refractivity contribution < 1.29 is 0 Å². The molecule has 4 nitrogen and oxygen atoms in total. The van der Waals surface area contributed by atoms with Crippen molar-refractivity contribution in [2.75, 3.05) is 9.80 Å². The third kappa shape index (κ3) is 6.50. The third-order valence-corrected chi connectivity index (χ3v) is 16.3. The van der Waals surface area contributed by atoms with Crippen molar-refractivity contribution in [1.29, 1.82) is 0 Å². The van der Waals surface area contributed by atoms with Crippen LogP contribution in [0, 0.1) is 0 Å². The van der Waals surface area contributed by atoms with Crippen molar-refractivity contribution in [2.45, 2.75) is 39.5 Å². The van der Waals surface area contributed by atoms with Gasteiger partial charge in [-0.15, -0.1) is 0 Å². The van der Waals surface area contributed by atoms with Gasteiger partial charge in [0.25, 0.3) is 0 Å². The molecule has 4 aromatic heterocycles. The molecule has 0 saturated carbocycles. The van der Waals surface area contributed by atoms with Crippen molar-refractivity contribution in [3.05, 3.63) is 254 Å². The number of hydrogen-bond acceptors (Lipinski definition) is 2. The summed E-state index contributed by atoms with van der Waals surface area (Å²) in [4.78, 5) is 4.97. The van der Waals surface area contributed by atoms with Crippen molar-refractivity contribution in [3.8, 4) is 22.3 Å². The van der Waals surface area contributed by atoms with E-state index in [0.717, 1.165) is 34.1 Å². The lowest BCUT2D eigenvalue weighted by Crippen LogP contribution is -2.11. The molecule has 0 unspecified atom stereocenters. The SMILES string of the molecule is CC(C)c1ccc(-c2ccccc2N(c2ccccc2)c2ccc3c4cc5c(cc4n4c6ccccc6c2c34)c2ccc(N(c3ccccc3)c3ccccc3-c3ccc(C(C)C)cc3)c3c4ccccc4n5c23)cc1. The zero-order chi connectivity index (χ0) is 50.8. The van der Waals surface area contributed by atoms with Crippen LogP contribution in [0.4, 0.5) is 34.1 Å². The number of anilines is 6. The summed E-state index contributed by atoms with van der Waals surface area (Å²) < 4.78 is 5.11. The van der Waals surface area contributed by atoms with Gasteiger partial charge in [0.15, 0.2) is 0 Å². The Morgan fingerprint density at radius 2 is 0.658 bits per heavy atom. The zero-order valence-corrected chi connectivity index (χ0v) is 43.0. The maximum absolute atomic E-state index is 2.55. The lowest BCUT2D eigenvalue weighted by molar-refractivity contribution is 0.867. The first-order valence-electron chi connectivity index (χ1n) is 26.8. The van der Waals surface area contributed by atoms with Gasteiger partial charge in [-0.05, 0) is 107 Å². The highest BCUT2D eigenvalue weighted by molar-refractivity contribution is 6.32. The van der Waals surface area contributed by atoms with Gasteiger partial charge >= 0.3 is 0 Å². The highest BCUT2D eigenvalue weighted by Crippen LogP contribution is 2.53. The van der Waals surface area contributed by atoms with Crippen molar-refractivity contribution in [2.24, 2.45) is 0 Å². The van der Waals surface area contributed by atoms with Gasteiger partial charge in [-0.2, -0.15) is 0 Å². The number of aromatic nitrogens is 2. The van der Waals surface area contributed by atoms with Crippen LogP contribution in [0.2, 0.25) is 0 Å². The molecule has 15 rings (SSSR count). The van der Waals surface area contributed by atoms with Crippen LogP contribution >= 0.6 is 0 Å². The van der Waals surface area contributed by atoms with E-state index in [1.807, 2.05) is 0 Å². The Morgan fingerprint density at radius 1 is 0.289 bits per heavy atom. The smallest absolute Gasteiger partial charge is 0.0641 e. The largest absolute Gasteiger partial charge is 0.309 e. The lowest BCUT2D eigenvalue weighted by atomic mass is 9.96. The molecule has 4 heterocycles. The molecule has 15 aromatic rings. The molecule has 0 fully saturated rings. The highest BCUT2D eigenvalue weighted by Gasteiger charge is 2.29. The minimum Gasteiger partial charge on any atom is -0.309 e. The first-order valence-corrected chi connectivity index (χ1v) is 26.8. The molecule has 0 bridgehead atoms. The van der Waals surface area contributed by atoms with E-state index in [0.29, 0.717) is 11.8 Å². The molecule has 0 aliphatic carbocycles. The monoisotopic (exact) mass is 974 g/mol. The summed E-state index contributed by atoms with van der Waals surface area (Å²) in [5.41, 5.74) is 21.6. The average Bonchev–Trinajstić information content (AvgIpc) is 4.36. The van der Waals surface area contributed by atoms with E-state index >= 15 is 0 Å². The number of fused-ring (bicyclic) bond motifs is 12. The predicted molar refractivity (Wildman–Crippen MR) is 324 cm³/mol. The standard InChI is InChI=1S/C72H54N4/c1-45(2)47-31-35-49(36-32-47)53-23-11-15-27-61(53)73(51-19-7-5-8-20-51)65-41-39-55-59-43-68-60(44-67(59)75-63-29-17-13-25-57(63)69(65)71(55)75)56-40-42-66(70-58-26-14-18-30-64(58)76(68)72(56)70)74(52-21-9-6-10-22-52)62-28-16-12-24-54(62)50-37-33-48(34-38-50)46(3)4/h5-46H,1-4H3. The summed E-state index contributed by atoms with van der Waals surface area (Å²) in [7, 11) is 0. The van der Waals surface area contributed by atoms with Crippen LogP contribution in [0.25, 0.3) is 98.4 Å². The minimum atomic E-state index is 0.462. The van der Waals surface area contributed by atoms with Crippen molar-refractivity contribution in [1.82, 2.24) is 8.80 Å². The summed E-state index contributed by atoms with van der Waals surface area (Å²) in [6.45, 7) is 9.04. The Balaban J connectivity index is 0.980. The number of hydrogen-bond donors (Lipinski definition) is 0. The van der Waals surface area contributed by atoms with Gasteiger partial charge in [0, 0.05) is 65.6 Å². The lowest BCUT2D eigenvalue weighted by Gasteiger charge is -2.29. The van der Waals surface area contributed by atoms with E-state index < -0.39 is 0 Å². The molecule has 0 atom stereocenters. The predicted octanol–water partition coefficient (Wildman–Crippen LogP) is 20.5. The fourth-order valence-electron chi connectivity index (χ4n) is 12.7. The second-order valence-corrected chi connectivity index (χ2v) is 21.2. The molecule has 0 radical (unpaired) electrons. The van der Waals surface area contributed by atoms with Crippen LogP contribution in [-0.4, -0.2) is 8.80 Å². The third-order valence-electron chi connectivity index (χ3n) is 16.3. The van der Waals surface area contributed by atoms with E-state index in [4.69, 9.17) is 0 Å². The van der Waals surface area contributed by atoms with Crippen molar-refractivity contribution >= 4 is 110 Å². The van der Waals surface area contributed by atoms with E-state index in [1.165, 1.54) is 110 Å². The highest BCUT2D eigenvalue weighted by atomic mass is 15.2. The molecule has 11 aromatic carbocycles. The number of rotatable bonds is 10. The van der Waals surface area contributed by atoms with E-state index in [1.54, 1.807) is 0 Å². The molecule has 4 heteroatoms. The first kappa shape index (κ1) is 44.1. The Hall–Kier alpha value is -9.38. The number of nitrogens with zero attached hydrogens (tertiary/aromatic N) is 4. The van der Waals surface area contributed by atoms with Gasteiger partial charge < -0.3 is 18.6 Å². The molecule has 0 saturated heterocycles. The van der Waals surface area contributed by atoms with E-state index in [9.17, 15) is 0 Å². The van der Waals surface area contributed by atoms with Crippen LogP contribution in [0.5, 0.6) is 0 Å². The van der Waals surface area contributed by atoms with Gasteiger partial charge in [-0.3, -0.25) is 0 Å². The Bertz CT molecular complexity index is 4380. The minimum absolute atomic E-state index is 0.462. The summed E-state index contributed by atoms with van der Waals surface area (Å²) in [6, 6.07) is 90.4. The van der Waals surface area contributed by atoms with Crippen LogP contribution < -0.4 is 9.80 Å². The van der Waals surface area contributed by atoms with Gasteiger partial charge in [-0.1, -0.05) is 198 Å². The molecule has 0 spiro atoms. The Labute approximate surface area is 442 Å². The van der Waals surface area contributed by atoms with Crippen LogP contribution in [0.3, 0.4) is 0 Å². The van der Waals surface area contributed by atoms with Gasteiger partial charge in [0.05, 0.1) is 55.8 Å². The second-order valence-electron chi connectivity index (χ2n) is 21.2. The van der Waals surface area contributed by atoms with Crippen LogP contribution in [0.1, 0.15) is 50.7 Å². The maximum Gasteiger partial charge on any atom is 0.0641 e. The number of para-hydroxylation sites is 6. The molecule has 0 N–H and O–H groups in total. The Kier molecular flexibility index (Phi) is 9.93. The molecular formula is C72H54N4. The van der Waals surface area contributed by atoms with Crippen LogP contribution in [-0.2, 0) is 0 Å². The molecule has 0 amide bonds. The first-order chi connectivity index (χ1) is 37.4. The van der Waals surface area contributed by atoms with E-state index in [-0.39, 0.29) is 0 Å². The Morgan fingerprint density at radius 3 is 1.07 bits per heavy atom.